The van der Waals surface area contributed by atoms with Crippen LogP contribution in [-0.4, -0.2) is 18.4 Å². The van der Waals surface area contributed by atoms with Crippen molar-refractivity contribution in [1.29, 1.82) is 0 Å². The van der Waals surface area contributed by atoms with Crippen LogP contribution in [0.3, 0.4) is 0 Å². The van der Waals surface area contributed by atoms with E-state index in [1.165, 1.54) is 11.3 Å². The first-order chi connectivity index (χ1) is 10.1. The number of halogens is 2. The Morgan fingerprint density at radius 1 is 1.29 bits per heavy atom. The van der Waals surface area contributed by atoms with E-state index in [2.05, 4.69) is 26.8 Å². The second kappa shape index (κ2) is 7.44. The molecule has 8 heteroatoms. The van der Waals surface area contributed by atoms with Crippen molar-refractivity contribution in [3.8, 4) is 5.75 Å². The van der Waals surface area contributed by atoms with Gasteiger partial charge in [-0.05, 0) is 29.6 Å². The number of hydrogen-bond acceptors (Lipinski definition) is 4. The molecule has 2 aromatic rings. The van der Waals surface area contributed by atoms with Crippen LogP contribution in [0.4, 0.5) is 0 Å². The number of ether oxygens (including phenoxy) is 1. The second-order valence-electron chi connectivity index (χ2n) is 3.84. The molecule has 0 aliphatic rings. The Bertz CT molecular complexity index is 649. The lowest BCUT2D eigenvalue weighted by atomic mass is 10.3. The van der Waals surface area contributed by atoms with Crippen molar-refractivity contribution < 1.29 is 14.3 Å². The van der Waals surface area contributed by atoms with E-state index in [0.29, 0.717) is 15.6 Å². The molecule has 2 rings (SSSR count). The van der Waals surface area contributed by atoms with Gasteiger partial charge < -0.3 is 4.74 Å². The van der Waals surface area contributed by atoms with Gasteiger partial charge in [-0.1, -0.05) is 33.6 Å². The topological polar surface area (TPSA) is 67.4 Å². The zero-order valence-electron chi connectivity index (χ0n) is 10.6. The van der Waals surface area contributed by atoms with E-state index < -0.39 is 5.91 Å². The van der Waals surface area contributed by atoms with Gasteiger partial charge in [-0.3, -0.25) is 20.4 Å². The molecule has 110 valence electrons. The van der Waals surface area contributed by atoms with Crippen molar-refractivity contribution in [1.82, 2.24) is 10.9 Å². The van der Waals surface area contributed by atoms with Gasteiger partial charge in [0.25, 0.3) is 11.8 Å². The molecule has 0 spiro atoms. The monoisotopic (exact) mass is 388 g/mol. The summed E-state index contributed by atoms with van der Waals surface area (Å²) in [5.74, 6) is -0.474. The normalized spacial score (nSPS) is 10.0. The summed E-state index contributed by atoms with van der Waals surface area (Å²) in [5, 5.41) is 2.16. The quantitative estimate of drug-likeness (QED) is 0.790. The molecular formula is C13H10BrClN2O3S. The van der Waals surface area contributed by atoms with E-state index in [4.69, 9.17) is 16.3 Å². The second-order valence-corrected chi connectivity index (χ2v) is 6.11. The average Bonchev–Trinajstić information content (AvgIpc) is 2.98. The minimum absolute atomic E-state index is 0.258. The largest absolute Gasteiger partial charge is 0.482 e. The molecule has 0 bridgehead atoms. The minimum atomic E-state index is -0.487. The third-order valence-corrected chi connectivity index (χ3v) is 3.97. The Balaban J connectivity index is 1.78. The maximum absolute atomic E-state index is 11.6. The molecule has 0 saturated heterocycles. The van der Waals surface area contributed by atoms with Gasteiger partial charge in [0.1, 0.15) is 5.75 Å². The fraction of sp³-hybridized carbons (Fsp3) is 0.0769. The first-order valence-electron chi connectivity index (χ1n) is 5.77. The van der Waals surface area contributed by atoms with Gasteiger partial charge in [0, 0.05) is 4.47 Å². The molecule has 2 amide bonds. The fourth-order valence-corrected chi connectivity index (χ4v) is 2.71. The van der Waals surface area contributed by atoms with E-state index >= 15 is 0 Å². The van der Waals surface area contributed by atoms with E-state index in [0.717, 1.165) is 4.47 Å². The number of nitrogens with one attached hydrogen (secondary N) is 2. The fourth-order valence-electron chi connectivity index (χ4n) is 1.37. The lowest BCUT2D eigenvalue weighted by Crippen LogP contribution is -2.43. The Morgan fingerprint density at radius 2 is 2.10 bits per heavy atom. The highest BCUT2D eigenvalue weighted by molar-refractivity contribution is 9.10. The summed E-state index contributed by atoms with van der Waals surface area (Å²) >= 11 is 10.5. The summed E-state index contributed by atoms with van der Waals surface area (Å²) in [6.45, 7) is -0.258. The highest BCUT2D eigenvalue weighted by Crippen LogP contribution is 2.27. The molecule has 0 aliphatic carbocycles. The van der Waals surface area contributed by atoms with Crippen molar-refractivity contribution in [2.24, 2.45) is 0 Å². The number of amides is 2. The Labute approximate surface area is 138 Å². The van der Waals surface area contributed by atoms with E-state index in [-0.39, 0.29) is 12.5 Å². The zero-order valence-corrected chi connectivity index (χ0v) is 13.7. The van der Waals surface area contributed by atoms with Crippen LogP contribution in [0.15, 0.2) is 40.2 Å². The van der Waals surface area contributed by atoms with Crippen LogP contribution in [0.2, 0.25) is 5.02 Å². The van der Waals surface area contributed by atoms with Gasteiger partial charge in [0.15, 0.2) is 6.61 Å². The van der Waals surface area contributed by atoms with Gasteiger partial charge in [0.05, 0.1) is 9.90 Å². The molecule has 0 atom stereocenters. The SMILES string of the molecule is O=C(COc1ccc(Br)cc1Cl)NNC(=O)c1cccs1. The average molecular weight is 390 g/mol. The number of carbonyl (C=O) groups excluding carboxylic acids is 2. The minimum Gasteiger partial charge on any atom is -0.482 e. The molecule has 21 heavy (non-hydrogen) atoms. The Kier molecular flexibility index (Phi) is 5.60. The predicted octanol–water partition coefficient (Wildman–Crippen LogP) is 3.00. The summed E-state index contributed by atoms with van der Waals surface area (Å²) in [6, 6.07) is 8.46. The van der Waals surface area contributed by atoms with Crippen molar-refractivity contribution in [2.45, 2.75) is 0 Å². The lowest BCUT2D eigenvalue weighted by molar-refractivity contribution is -0.123. The standard InChI is InChI=1S/C13H10BrClN2O3S/c14-8-3-4-10(9(15)6-8)20-7-12(18)16-17-13(19)11-2-1-5-21-11/h1-6H,7H2,(H,16,18)(H,17,19). The lowest BCUT2D eigenvalue weighted by Gasteiger charge is -2.09. The van der Waals surface area contributed by atoms with Crippen molar-refractivity contribution >= 4 is 50.7 Å². The van der Waals surface area contributed by atoms with Crippen LogP contribution >= 0.6 is 38.9 Å². The molecule has 5 nitrogen and oxygen atoms in total. The van der Waals surface area contributed by atoms with E-state index in [9.17, 15) is 9.59 Å². The summed E-state index contributed by atoms with van der Waals surface area (Å²) in [7, 11) is 0. The third kappa shape index (κ3) is 4.73. The van der Waals surface area contributed by atoms with Crippen molar-refractivity contribution in [3.05, 3.63) is 50.1 Å². The number of rotatable bonds is 4. The maximum atomic E-state index is 11.6. The van der Waals surface area contributed by atoms with E-state index in [1.54, 1.807) is 35.7 Å². The number of carbonyl (C=O) groups is 2. The van der Waals surface area contributed by atoms with Gasteiger partial charge in [-0.15, -0.1) is 11.3 Å². The molecule has 1 heterocycles. The summed E-state index contributed by atoms with van der Waals surface area (Å²) in [5.41, 5.74) is 4.56. The molecule has 0 unspecified atom stereocenters. The number of hydrazine groups is 1. The van der Waals surface area contributed by atoms with Crippen LogP contribution in [0.1, 0.15) is 9.67 Å². The summed E-state index contributed by atoms with van der Waals surface area (Å²) in [4.78, 5) is 23.7. The van der Waals surface area contributed by atoms with Crippen LogP contribution in [0.25, 0.3) is 0 Å². The molecular weight excluding hydrogens is 380 g/mol. The smallest absolute Gasteiger partial charge is 0.279 e. The van der Waals surface area contributed by atoms with Crippen molar-refractivity contribution in [3.63, 3.8) is 0 Å². The Hall–Kier alpha value is -1.57. The Morgan fingerprint density at radius 3 is 2.76 bits per heavy atom. The molecule has 2 N–H and O–H groups in total. The van der Waals surface area contributed by atoms with Gasteiger partial charge >= 0.3 is 0 Å². The number of thiophene rings is 1. The van der Waals surface area contributed by atoms with Crippen LogP contribution in [0.5, 0.6) is 5.75 Å². The van der Waals surface area contributed by atoms with Gasteiger partial charge in [-0.2, -0.15) is 0 Å². The highest BCUT2D eigenvalue weighted by Gasteiger charge is 2.09. The molecule has 1 aromatic heterocycles. The number of hydrogen-bond donors (Lipinski definition) is 2. The predicted molar refractivity (Wildman–Crippen MR) is 84.6 cm³/mol. The molecule has 0 fully saturated rings. The highest BCUT2D eigenvalue weighted by atomic mass is 79.9. The van der Waals surface area contributed by atoms with Gasteiger partial charge in [-0.25, -0.2) is 0 Å². The van der Waals surface area contributed by atoms with Crippen LogP contribution in [-0.2, 0) is 4.79 Å². The molecule has 1 aromatic carbocycles. The van der Waals surface area contributed by atoms with E-state index in [1.807, 2.05) is 0 Å². The van der Waals surface area contributed by atoms with Crippen LogP contribution < -0.4 is 15.6 Å². The molecule has 0 aliphatic heterocycles. The molecule has 0 radical (unpaired) electrons. The number of benzene rings is 1. The zero-order chi connectivity index (χ0) is 15.2. The summed E-state index contributed by atoms with van der Waals surface area (Å²) in [6.07, 6.45) is 0. The summed E-state index contributed by atoms with van der Waals surface area (Å²) < 4.78 is 6.08. The molecule has 0 saturated carbocycles. The first kappa shape index (κ1) is 15.8. The maximum Gasteiger partial charge on any atom is 0.279 e. The third-order valence-electron chi connectivity index (χ3n) is 2.31. The van der Waals surface area contributed by atoms with Crippen LogP contribution in [0, 0.1) is 0 Å². The first-order valence-corrected chi connectivity index (χ1v) is 7.82. The van der Waals surface area contributed by atoms with Gasteiger partial charge in [0.2, 0.25) is 0 Å². The van der Waals surface area contributed by atoms with Crippen molar-refractivity contribution in [2.75, 3.05) is 6.61 Å².